The molecule has 0 rings (SSSR count). The minimum Gasteiger partial charge on any atom is -0.759 e. The van der Waals surface area contributed by atoms with E-state index in [2.05, 4.69) is 0 Å². The van der Waals surface area contributed by atoms with Crippen LogP contribution in [0, 0.1) is 5.21 Å². The van der Waals surface area contributed by atoms with Gasteiger partial charge in [0, 0.05) is 0 Å². The third-order valence-corrected chi connectivity index (χ3v) is 0.560. The van der Waals surface area contributed by atoms with Crippen LogP contribution < -0.4 is 11.0 Å². The molecule has 0 unspecified atom stereocenters. The highest BCUT2D eigenvalue weighted by Gasteiger charge is 2.02. The average Bonchev–Trinajstić information content (AvgIpc) is 1.87. The summed E-state index contributed by atoms with van der Waals surface area (Å²) in [5, 5.41) is 17.2. The number of carbonyl (C=O) groups excluding carboxylic acids is 2. The molecule has 0 aromatic carbocycles. The number of hydroxylamine groups is 2. The Bertz CT molecular complexity index is 109. The highest BCUT2D eigenvalue weighted by Crippen LogP contribution is 1.75. The number of carbonyl (C=O) groups is 2. The molecule has 2 amide bonds. The zero-order chi connectivity index (χ0) is 7.28. The summed E-state index contributed by atoms with van der Waals surface area (Å²) in [6.07, 6.45) is -0.653. The van der Waals surface area contributed by atoms with Gasteiger partial charge in [0.25, 0.3) is 5.91 Å². The summed E-state index contributed by atoms with van der Waals surface area (Å²) >= 11 is 0. The maximum absolute atomic E-state index is 10.0. The van der Waals surface area contributed by atoms with E-state index in [4.69, 9.17) is 5.21 Å². The predicted octanol–water partition coefficient (Wildman–Crippen LogP) is -1.50. The van der Waals surface area contributed by atoms with Gasteiger partial charge in [-0.1, -0.05) is 0 Å². The molecule has 0 saturated heterocycles. The lowest BCUT2D eigenvalue weighted by atomic mass is 10.4. The van der Waals surface area contributed by atoms with Gasteiger partial charge in [-0.3, -0.25) is 14.8 Å². The fourth-order valence-electron chi connectivity index (χ4n) is 0.221. The van der Waals surface area contributed by atoms with Crippen LogP contribution >= 0.6 is 0 Å². The minimum atomic E-state index is -0.985. The first kappa shape index (κ1) is 7.86. The molecule has 0 spiro atoms. The van der Waals surface area contributed by atoms with Crippen LogP contribution in [0.3, 0.4) is 0 Å². The lowest BCUT2D eigenvalue weighted by Gasteiger charge is -2.04. The summed E-state index contributed by atoms with van der Waals surface area (Å²) in [7, 11) is 0. The molecule has 0 saturated carbocycles. The first-order valence-electron chi connectivity index (χ1n) is 2.04. The van der Waals surface area contributed by atoms with Gasteiger partial charge in [0.1, 0.15) is 6.42 Å². The summed E-state index contributed by atoms with van der Waals surface area (Å²) < 4.78 is 0. The molecule has 6 nitrogen and oxygen atoms in total. The molecular weight excluding hydrogens is 128 g/mol. The molecule has 0 radical (unpaired) electrons. The second kappa shape index (κ2) is 3.81. The number of hydrogen-bond donors (Lipinski definition) is 3. The molecule has 0 aromatic rings. The molecule has 3 N–H and O–H groups in total. The summed E-state index contributed by atoms with van der Waals surface area (Å²) in [6.45, 7) is 0. The van der Waals surface area contributed by atoms with Crippen LogP contribution in [-0.2, 0) is 9.59 Å². The van der Waals surface area contributed by atoms with Crippen LogP contribution in [0.2, 0.25) is 0 Å². The van der Waals surface area contributed by atoms with Crippen molar-refractivity contribution in [3.05, 3.63) is 5.21 Å². The summed E-state index contributed by atoms with van der Waals surface area (Å²) in [4.78, 5) is 20.0. The van der Waals surface area contributed by atoms with E-state index in [0.717, 1.165) is 5.48 Å². The lowest BCUT2D eigenvalue weighted by molar-refractivity contribution is -0.134. The van der Waals surface area contributed by atoms with Crippen molar-refractivity contribution >= 4 is 11.8 Å². The van der Waals surface area contributed by atoms with Crippen molar-refractivity contribution in [3.8, 4) is 0 Å². The molecule has 0 fully saturated rings. The molecule has 0 aliphatic rings. The van der Waals surface area contributed by atoms with E-state index in [9.17, 15) is 14.8 Å². The Balaban J connectivity index is 3.47. The van der Waals surface area contributed by atoms with Gasteiger partial charge in [-0.2, -0.15) is 0 Å². The largest absolute Gasteiger partial charge is 0.759 e. The van der Waals surface area contributed by atoms with Crippen molar-refractivity contribution in [2.45, 2.75) is 6.42 Å². The van der Waals surface area contributed by atoms with Crippen molar-refractivity contribution in [2.24, 2.45) is 0 Å². The number of nitrogens with one attached hydrogen (secondary N) is 2. The molecule has 0 bridgehead atoms. The molecule has 0 atom stereocenters. The van der Waals surface area contributed by atoms with Crippen LogP contribution in [0.4, 0.5) is 0 Å². The molecular formula is C3H5N2O4-. The Hall–Kier alpha value is -1.14. The van der Waals surface area contributed by atoms with Gasteiger partial charge in [-0.25, -0.2) is 5.48 Å². The fourth-order valence-corrected chi connectivity index (χ4v) is 0.221. The number of amides is 2. The Kier molecular flexibility index (Phi) is 3.33. The lowest BCUT2D eigenvalue weighted by Crippen LogP contribution is -2.27. The standard InChI is InChI=1S/C3H5N2O4/c6-2(4-8)1-3(7)5-9/h1H2,(H3-,4,5,6,7,8,9)/q-1. The van der Waals surface area contributed by atoms with Crippen molar-refractivity contribution in [2.75, 3.05) is 0 Å². The first-order valence-corrected chi connectivity index (χ1v) is 2.04. The number of hydrogen-bond acceptors (Lipinski definition) is 4. The van der Waals surface area contributed by atoms with Gasteiger partial charge >= 0.3 is 0 Å². The van der Waals surface area contributed by atoms with Crippen LogP contribution in [0.1, 0.15) is 6.42 Å². The van der Waals surface area contributed by atoms with Crippen LogP contribution in [0.5, 0.6) is 0 Å². The van der Waals surface area contributed by atoms with Crippen molar-refractivity contribution in [1.82, 2.24) is 11.0 Å². The van der Waals surface area contributed by atoms with E-state index in [0.29, 0.717) is 0 Å². The predicted molar refractivity (Wildman–Crippen MR) is 26.1 cm³/mol. The third-order valence-electron chi connectivity index (χ3n) is 0.560. The average molecular weight is 133 g/mol. The van der Waals surface area contributed by atoms with E-state index < -0.39 is 18.2 Å². The van der Waals surface area contributed by atoms with E-state index in [-0.39, 0.29) is 0 Å². The monoisotopic (exact) mass is 133 g/mol. The Morgan fingerprint density at radius 1 is 1.44 bits per heavy atom. The summed E-state index contributed by atoms with van der Waals surface area (Å²) in [5.41, 5.74) is 2.16. The maximum atomic E-state index is 10.0. The van der Waals surface area contributed by atoms with E-state index in [1.165, 1.54) is 5.48 Å². The fraction of sp³-hybridized carbons (Fsp3) is 0.333. The van der Waals surface area contributed by atoms with Gasteiger partial charge in [-0.05, 0) is 0 Å². The molecule has 6 heteroatoms. The van der Waals surface area contributed by atoms with Gasteiger partial charge < -0.3 is 10.7 Å². The molecule has 0 aromatic heterocycles. The molecule has 0 aliphatic carbocycles. The Morgan fingerprint density at radius 2 is 2.00 bits per heavy atom. The van der Waals surface area contributed by atoms with E-state index in [1.807, 2.05) is 0 Å². The summed E-state index contributed by atoms with van der Waals surface area (Å²) in [6, 6.07) is 0. The van der Waals surface area contributed by atoms with Gasteiger partial charge in [0.15, 0.2) is 0 Å². The van der Waals surface area contributed by atoms with Gasteiger partial charge in [0.2, 0.25) is 5.91 Å². The second-order valence-electron chi connectivity index (χ2n) is 1.24. The van der Waals surface area contributed by atoms with Crippen molar-refractivity contribution < 1.29 is 14.8 Å². The zero-order valence-electron chi connectivity index (χ0n) is 4.38. The molecule has 52 valence electrons. The SMILES string of the molecule is O=C(CC(=O)NO)N[O-]. The third kappa shape index (κ3) is 3.44. The van der Waals surface area contributed by atoms with Crippen molar-refractivity contribution in [3.63, 3.8) is 0 Å². The molecule has 9 heavy (non-hydrogen) atoms. The highest BCUT2D eigenvalue weighted by molar-refractivity contribution is 5.96. The smallest absolute Gasteiger partial charge is 0.252 e. The zero-order valence-corrected chi connectivity index (χ0v) is 4.38. The molecule has 0 aliphatic heterocycles. The van der Waals surface area contributed by atoms with Crippen molar-refractivity contribution in [1.29, 1.82) is 0 Å². The van der Waals surface area contributed by atoms with Gasteiger partial charge in [0.05, 0.1) is 0 Å². The van der Waals surface area contributed by atoms with E-state index in [1.54, 1.807) is 0 Å². The second-order valence-corrected chi connectivity index (χ2v) is 1.24. The highest BCUT2D eigenvalue weighted by atomic mass is 16.5. The molecule has 0 heterocycles. The minimum absolute atomic E-state index is 0.653. The van der Waals surface area contributed by atoms with Crippen LogP contribution in [-0.4, -0.2) is 17.0 Å². The topological polar surface area (TPSA) is 101 Å². The maximum Gasteiger partial charge on any atom is 0.252 e. The Labute approximate surface area is 50.4 Å². The first-order chi connectivity index (χ1) is 4.20. The Morgan fingerprint density at radius 3 is 2.33 bits per heavy atom. The van der Waals surface area contributed by atoms with E-state index >= 15 is 0 Å². The summed E-state index contributed by atoms with van der Waals surface area (Å²) in [5.74, 6) is -1.90. The quantitative estimate of drug-likeness (QED) is 0.242. The van der Waals surface area contributed by atoms with Crippen LogP contribution in [0.15, 0.2) is 0 Å². The van der Waals surface area contributed by atoms with Crippen LogP contribution in [0.25, 0.3) is 0 Å². The van der Waals surface area contributed by atoms with Gasteiger partial charge in [-0.15, -0.1) is 0 Å². The number of rotatable bonds is 2. The normalized spacial score (nSPS) is 8.22.